The van der Waals surface area contributed by atoms with Crippen molar-refractivity contribution in [3.05, 3.63) is 28.5 Å². The maximum atomic E-state index is 13.3. The molecule has 1 heterocycles. The Morgan fingerprint density at radius 1 is 1.30 bits per heavy atom. The first-order chi connectivity index (χ1) is 9.47. The first-order valence-corrected chi connectivity index (χ1v) is 6.85. The predicted molar refractivity (Wildman–Crippen MR) is 73.3 cm³/mol. The van der Waals surface area contributed by atoms with Crippen molar-refractivity contribution >= 4 is 39.3 Å². The van der Waals surface area contributed by atoms with E-state index in [1.165, 1.54) is 12.1 Å². The molecule has 2 rings (SSSR count). The molecular formula is C13H12BrFN2O3. The van der Waals surface area contributed by atoms with Crippen LogP contribution in [0.1, 0.15) is 19.3 Å². The Morgan fingerprint density at radius 2 is 1.95 bits per heavy atom. The Balaban J connectivity index is 1.88. The lowest BCUT2D eigenvalue weighted by Gasteiger charge is -2.13. The van der Waals surface area contributed by atoms with E-state index >= 15 is 0 Å². The second-order valence-electron chi connectivity index (χ2n) is 4.37. The van der Waals surface area contributed by atoms with Crippen LogP contribution in [0.4, 0.5) is 10.1 Å². The number of amides is 3. The average molecular weight is 343 g/mol. The van der Waals surface area contributed by atoms with Gasteiger partial charge in [0, 0.05) is 31.5 Å². The smallest absolute Gasteiger partial charge is 0.229 e. The van der Waals surface area contributed by atoms with Crippen LogP contribution in [0.2, 0.25) is 0 Å². The van der Waals surface area contributed by atoms with Gasteiger partial charge in [-0.3, -0.25) is 19.3 Å². The van der Waals surface area contributed by atoms with E-state index in [0.29, 0.717) is 10.2 Å². The van der Waals surface area contributed by atoms with Crippen molar-refractivity contribution in [2.24, 2.45) is 0 Å². The SMILES string of the molecule is O=C(CCN1C(=O)CCC1=O)Nc1ccc(Br)c(F)c1. The molecule has 5 nitrogen and oxygen atoms in total. The maximum absolute atomic E-state index is 13.3. The number of rotatable bonds is 4. The van der Waals surface area contributed by atoms with Crippen molar-refractivity contribution < 1.29 is 18.8 Å². The van der Waals surface area contributed by atoms with Gasteiger partial charge in [-0.2, -0.15) is 0 Å². The van der Waals surface area contributed by atoms with Crippen LogP contribution in [0.15, 0.2) is 22.7 Å². The number of imide groups is 1. The topological polar surface area (TPSA) is 66.5 Å². The highest BCUT2D eigenvalue weighted by Gasteiger charge is 2.28. The van der Waals surface area contributed by atoms with Gasteiger partial charge in [-0.1, -0.05) is 0 Å². The molecule has 1 aliphatic heterocycles. The van der Waals surface area contributed by atoms with E-state index in [0.717, 1.165) is 4.90 Å². The van der Waals surface area contributed by atoms with E-state index in [-0.39, 0.29) is 43.5 Å². The van der Waals surface area contributed by atoms with Crippen molar-refractivity contribution in [3.63, 3.8) is 0 Å². The second kappa shape index (κ2) is 6.13. The normalized spacial score (nSPS) is 14.8. The maximum Gasteiger partial charge on any atom is 0.229 e. The first kappa shape index (κ1) is 14.6. The number of carbonyl (C=O) groups excluding carboxylic acids is 3. The number of anilines is 1. The lowest BCUT2D eigenvalue weighted by molar-refractivity contribution is -0.138. The summed E-state index contributed by atoms with van der Waals surface area (Å²) in [6.45, 7) is 0.0580. The van der Waals surface area contributed by atoms with Crippen molar-refractivity contribution in [3.8, 4) is 0 Å². The Morgan fingerprint density at radius 3 is 2.55 bits per heavy atom. The molecule has 0 aliphatic carbocycles. The molecule has 1 aromatic carbocycles. The van der Waals surface area contributed by atoms with Crippen LogP contribution in [0, 0.1) is 5.82 Å². The van der Waals surface area contributed by atoms with Crippen LogP contribution in [0.3, 0.4) is 0 Å². The summed E-state index contributed by atoms with van der Waals surface area (Å²) in [6, 6.07) is 4.23. The van der Waals surface area contributed by atoms with Gasteiger partial charge in [-0.25, -0.2) is 4.39 Å². The van der Waals surface area contributed by atoms with E-state index < -0.39 is 5.82 Å². The lowest BCUT2D eigenvalue weighted by Crippen LogP contribution is -2.32. The second-order valence-corrected chi connectivity index (χ2v) is 5.22. The van der Waals surface area contributed by atoms with Gasteiger partial charge in [0.15, 0.2) is 0 Å². The van der Waals surface area contributed by atoms with Crippen LogP contribution < -0.4 is 5.32 Å². The highest BCUT2D eigenvalue weighted by Crippen LogP contribution is 2.19. The average Bonchev–Trinajstić information content (AvgIpc) is 2.71. The molecule has 7 heteroatoms. The van der Waals surface area contributed by atoms with Crippen LogP contribution >= 0.6 is 15.9 Å². The summed E-state index contributed by atoms with van der Waals surface area (Å²) in [7, 11) is 0. The van der Waals surface area contributed by atoms with Crippen LogP contribution in [-0.2, 0) is 14.4 Å². The molecule has 0 bridgehead atoms. The molecule has 0 unspecified atom stereocenters. The summed E-state index contributed by atoms with van der Waals surface area (Å²) in [5.41, 5.74) is 0.328. The minimum atomic E-state index is -0.479. The Kier molecular flexibility index (Phi) is 4.49. The Bertz CT molecular complexity index is 561. The molecule has 0 spiro atoms. The highest BCUT2D eigenvalue weighted by molar-refractivity contribution is 9.10. The van der Waals surface area contributed by atoms with E-state index in [1.807, 2.05) is 0 Å². The minimum absolute atomic E-state index is 0.00480. The molecule has 1 N–H and O–H groups in total. The summed E-state index contributed by atoms with van der Waals surface area (Å²) in [6.07, 6.45) is 0.409. The fourth-order valence-corrected chi connectivity index (χ4v) is 2.13. The number of halogens is 2. The van der Waals surface area contributed by atoms with Gasteiger partial charge in [-0.05, 0) is 34.1 Å². The Labute approximate surface area is 123 Å². The minimum Gasteiger partial charge on any atom is -0.326 e. The van der Waals surface area contributed by atoms with Crippen molar-refractivity contribution in [2.45, 2.75) is 19.3 Å². The number of benzene rings is 1. The quantitative estimate of drug-likeness (QED) is 0.851. The monoisotopic (exact) mass is 342 g/mol. The largest absolute Gasteiger partial charge is 0.326 e. The molecule has 0 atom stereocenters. The van der Waals surface area contributed by atoms with Crippen LogP contribution in [-0.4, -0.2) is 29.2 Å². The molecule has 106 valence electrons. The molecule has 1 fully saturated rings. The zero-order valence-electron chi connectivity index (χ0n) is 10.5. The number of likely N-dealkylation sites (tertiary alicyclic amines) is 1. The van der Waals surface area contributed by atoms with E-state index in [4.69, 9.17) is 0 Å². The molecule has 1 aliphatic rings. The first-order valence-electron chi connectivity index (χ1n) is 6.05. The summed E-state index contributed by atoms with van der Waals surface area (Å²) in [5, 5.41) is 2.51. The number of nitrogens with zero attached hydrogens (tertiary/aromatic N) is 1. The van der Waals surface area contributed by atoms with E-state index in [9.17, 15) is 18.8 Å². The molecule has 1 saturated heterocycles. The molecule has 0 radical (unpaired) electrons. The molecule has 0 saturated carbocycles. The summed E-state index contributed by atoms with van der Waals surface area (Å²) < 4.78 is 13.6. The third-order valence-corrected chi connectivity index (χ3v) is 3.56. The number of hydrogen-bond donors (Lipinski definition) is 1. The van der Waals surface area contributed by atoms with E-state index in [1.54, 1.807) is 6.07 Å². The van der Waals surface area contributed by atoms with Crippen LogP contribution in [0.25, 0.3) is 0 Å². The van der Waals surface area contributed by atoms with Gasteiger partial charge < -0.3 is 5.32 Å². The summed E-state index contributed by atoms with van der Waals surface area (Å²) in [5.74, 6) is -1.36. The van der Waals surface area contributed by atoms with Gasteiger partial charge >= 0.3 is 0 Å². The van der Waals surface area contributed by atoms with Gasteiger partial charge in [-0.15, -0.1) is 0 Å². The standard InChI is InChI=1S/C13H12BrFN2O3/c14-9-2-1-8(7-10(9)15)16-11(18)5-6-17-12(19)3-4-13(17)20/h1-2,7H,3-6H2,(H,16,18). The van der Waals surface area contributed by atoms with Crippen molar-refractivity contribution in [1.29, 1.82) is 0 Å². The number of carbonyl (C=O) groups is 3. The molecule has 3 amide bonds. The van der Waals surface area contributed by atoms with Crippen LogP contribution in [0.5, 0.6) is 0 Å². The Hall–Kier alpha value is -1.76. The lowest BCUT2D eigenvalue weighted by atomic mass is 10.3. The molecular weight excluding hydrogens is 331 g/mol. The molecule has 1 aromatic rings. The molecule has 0 aromatic heterocycles. The summed E-state index contributed by atoms with van der Waals surface area (Å²) >= 11 is 3.01. The van der Waals surface area contributed by atoms with Gasteiger partial charge in [0.1, 0.15) is 5.82 Å². The van der Waals surface area contributed by atoms with E-state index in [2.05, 4.69) is 21.2 Å². The van der Waals surface area contributed by atoms with Gasteiger partial charge in [0.2, 0.25) is 17.7 Å². The highest BCUT2D eigenvalue weighted by atomic mass is 79.9. The zero-order chi connectivity index (χ0) is 14.7. The van der Waals surface area contributed by atoms with Gasteiger partial charge in [0.25, 0.3) is 0 Å². The number of nitrogens with one attached hydrogen (secondary N) is 1. The predicted octanol–water partition coefficient (Wildman–Crippen LogP) is 2.07. The van der Waals surface area contributed by atoms with Crippen molar-refractivity contribution in [1.82, 2.24) is 4.90 Å². The number of hydrogen-bond acceptors (Lipinski definition) is 3. The van der Waals surface area contributed by atoms with Crippen molar-refractivity contribution in [2.75, 3.05) is 11.9 Å². The fourth-order valence-electron chi connectivity index (χ4n) is 1.88. The summed E-state index contributed by atoms with van der Waals surface area (Å²) in [4.78, 5) is 35.5. The third-order valence-electron chi connectivity index (χ3n) is 2.92. The zero-order valence-corrected chi connectivity index (χ0v) is 12.1. The fraction of sp³-hybridized carbons (Fsp3) is 0.308. The molecule has 20 heavy (non-hydrogen) atoms. The van der Waals surface area contributed by atoms with Gasteiger partial charge in [0.05, 0.1) is 4.47 Å². The third kappa shape index (κ3) is 3.41.